The molecule has 0 aliphatic carbocycles. The zero-order chi connectivity index (χ0) is 8.81. The van der Waals surface area contributed by atoms with Crippen LogP contribution in [0, 0.1) is 0 Å². The first kappa shape index (κ1) is 9.71. The van der Waals surface area contributed by atoms with E-state index < -0.39 is 0 Å². The van der Waals surface area contributed by atoms with Crippen molar-refractivity contribution in [2.24, 2.45) is 5.73 Å². The highest BCUT2D eigenvalue weighted by atomic mass is 79.9. The fourth-order valence-electron chi connectivity index (χ4n) is 0.854. The topological polar surface area (TPSA) is 35.2 Å². The van der Waals surface area contributed by atoms with Gasteiger partial charge in [0.2, 0.25) is 0 Å². The van der Waals surface area contributed by atoms with Crippen LogP contribution in [0.1, 0.15) is 5.56 Å². The van der Waals surface area contributed by atoms with Crippen molar-refractivity contribution >= 4 is 15.9 Å². The van der Waals surface area contributed by atoms with Crippen molar-refractivity contribution in [1.29, 1.82) is 0 Å². The molecule has 0 unspecified atom stereocenters. The highest BCUT2D eigenvalue weighted by Gasteiger charge is 1.91. The van der Waals surface area contributed by atoms with E-state index in [0.29, 0.717) is 19.8 Å². The molecule has 1 aromatic rings. The molecule has 0 aliphatic rings. The smallest absolute Gasteiger partial charge is 0.0717 e. The first-order valence-corrected chi connectivity index (χ1v) is 4.64. The number of hydrogen-bond acceptors (Lipinski definition) is 2. The van der Waals surface area contributed by atoms with Gasteiger partial charge in [0.1, 0.15) is 0 Å². The van der Waals surface area contributed by atoms with Gasteiger partial charge in [0.15, 0.2) is 0 Å². The summed E-state index contributed by atoms with van der Waals surface area (Å²) in [6, 6.07) is 8.06. The van der Waals surface area contributed by atoms with Gasteiger partial charge in [-0.05, 0) is 17.7 Å². The lowest BCUT2D eigenvalue weighted by molar-refractivity contribution is 0.128. The zero-order valence-electron chi connectivity index (χ0n) is 6.79. The molecule has 0 saturated carbocycles. The van der Waals surface area contributed by atoms with Crippen molar-refractivity contribution in [3.05, 3.63) is 34.3 Å². The molecule has 0 aromatic heterocycles. The van der Waals surface area contributed by atoms with Crippen LogP contribution in [0.15, 0.2) is 28.7 Å². The summed E-state index contributed by atoms with van der Waals surface area (Å²) in [4.78, 5) is 0. The Morgan fingerprint density at radius 3 is 2.50 bits per heavy atom. The fraction of sp³-hybridized carbons (Fsp3) is 0.333. The fourth-order valence-corrected chi connectivity index (χ4v) is 1.12. The molecule has 0 atom stereocenters. The van der Waals surface area contributed by atoms with Gasteiger partial charge in [-0.1, -0.05) is 28.1 Å². The van der Waals surface area contributed by atoms with Crippen LogP contribution < -0.4 is 5.73 Å². The Balaban J connectivity index is 2.37. The quantitative estimate of drug-likeness (QED) is 0.802. The standard InChI is InChI=1S/C9H12BrNO/c10-9-3-1-8(2-4-9)7-12-6-5-11/h1-4H,5-7,11H2. The van der Waals surface area contributed by atoms with E-state index in [1.165, 1.54) is 5.56 Å². The lowest BCUT2D eigenvalue weighted by Gasteiger charge is -2.01. The molecule has 3 heteroatoms. The average Bonchev–Trinajstić information content (AvgIpc) is 2.09. The molecule has 2 nitrogen and oxygen atoms in total. The molecular formula is C9H12BrNO. The second-order valence-corrected chi connectivity index (χ2v) is 3.38. The molecule has 0 spiro atoms. The number of hydrogen-bond donors (Lipinski definition) is 1. The van der Waals surface area contributed by atoms with Crippen LogP contribution in [0.2, 0.25) is 0 Å². The largest absolute Gasteiger partial charge is 0.375 e. The van der Waals surface area contributed by atoms with Crippen molar-refractivity contribution in [1.82, 2.24) is 0 Å². The molecular weight excluding hydrogens is 218 g/mol. The predicted molar refractivity (Wildman–Crippen MR) is 52.9 cm³/mol. The van der Waals surface area contributed by atoms with E-state index in [1.54, 1.807) is 0 Å². The molecule has 0 radical (unpaired) electrons. The Labute approximate surface area is 80.8 Å². The first-order chi connectivity index (χ1) is 5.83. The molecule has 0 fully saturated rings. The monoisotopic (exact) mass is 229 g/mol. The summed E-state index contributed by atoms with van der Waals surface area (Å²) in [6.45, 7) is 1.84. The highest BCUT2D eigenvalue weighted by Crippen LogP contribution is 2.10. The van der Waals surface area contributed by atoms with Gasteiger partial charge in [-0.25, -0.2) is 0 Å². The van der Waals surface area contributed by atoms with Gasteiger partial charge in [-0.2, -0.15) is 0 Å². The van der Waals surface area contributed by atoms with Crippen molar-refractivity contribution in [3.8, 4) is 0 Å². The third-order valence-electron chi connectivity index (χ3n) is 1.44. The molecule has 0 aliphatic heterocycles. The minimum atomic E-state index is 0.580. The predicted octanol–water partition coefficient (Wildman–Crippen LogP) is 1.92. The molecule has 2 N–H and O–H groups in total. The van der Waals surface area contributed by atoms with Gasteiger partial charge in [0.25, 0.3) is 0 Å². The molecule has 66 valence electrons. The maximum atomic E-state index is 5.28. The van der Waals surface area contributed by atoms with Crippen LogP contribution >= 0.6 is 15.9 Å². The second kappa shape index (κ2) is 5.30. The van der Waals surface area contributed by atoms with E-state index in [-0.39, 0.29) is 0 Å². The van der Waals surface area contributed by atoms with E-state index in [2.05, 4.69) is 15.9 Å². The van der Waals surface area contributed by atoms with Crippen molar-refractivity contribution < 1.29 is 4.74 Å². The highest BCUT2D eigenvalue weighted by molar-refractivity contribution is 9.10. The molecule has 12 heavy (non-hydrogen) atoms. The van der Waals surface area contributed by atoms with Crippen LogP contribution in [-0.2, 0) is 11.3 Å². The molecule has 0 saturated heterocycles. The van der Waals surface area contributed by atoms with Gasteiger partial charge in [0.05, 0.1) is 13.2 Å². The molecule has 0 amide bonds. The van der Waals surface area contributed by atoms with E-state index in [0.717, 1.165) is 4.47 Å². The average molecular weight is 230 g/mol. The zero-order valence-corrected chi connectivity index (χ0v) is 8.38. The maximum absolute atomic E-state index is 5.28. The summed E-state index contributed by atoms with van der Waals surface area (Å²) in [5.74, 6) is 0. The van der Waals surface area contributed by atoms with Crippen LogP contribution in [0.25, 0.3) is 0 Å². The Morgan fingerprint density at radius 1 is 1.25 bits per heavy atom. The summed E-state index contributed by atoms with van der Waals surface area (Å²) >= 11 is 3.37. The molecule has 0 bridgehead atoms. The van der Waals surface area contributed by atoms with Crippen LogP contribution in [0.5, 0.6) is 0 Å². The summed E-state index contributed by atoms with van der Waals surface area (Å²) in [6.07, 6.45) is 0. The SMILES string of the molecule is NCCOCc1ccc(Br)cc1. The van der Waals surface area contributed by atoms with Crippen LogP contribution in [-0.4, -0.2) is 13.2 Å². The third kappa shape index (κ3) is 3.34. The molecule has 0 heterocycles. The maximum Gasteiger partial charge on any atom is 0.0717 e. The first-order valence-electron chi connectivity index (χ1n) is 3.85. The van der Waals surface area contributed by atoms with E-state index in [1.807, 2.05) is 24.3 Å². The van der Waals surface area contributed by atoms with Gasteiger partial charge in [0, 0.05) is 11.0 Å². The van der Waals surface area contributed by atoms with E-state index >= 15 is 0 Å². The normalized spacial score (nSPS) is 10.2. The summed E-state index contributed by atoms with van der Waals surface area (Å²) in [5, 5.41) is 0. The van der Waals surface area contributed by atoms with Crippen LogP contribution in [0.3, 0.4) is 0 Å². The number of nitrogens with two attached hydrogens (primary N) is 1. The Hall–Kier alpha value is -0.380. The lowest BCUT2D eigenvalue weighted by atomic mass is 10.2. The third-order valence-corrected chi connectivity index (χ3v) is 1.97. The van der Waals surface area contributed by atoms with Gasteiger partial charge >= 0.3 is 0 Å². The Morgan fingerprint density at radius 2 is 1.92 bits per heavy atom. The van der Waals surface area contributed by atoms with Crippen molar-refractivity contribution in [2.45, 2.75) is 6.61 Å². The molecule has 1 rings (SSSR count). The summed E-state index contributed by atoms with van der Waals surface area (Å²) < 4.78 is 6.36. The van der Waals surface area contributed by atoms with E-state index in [9.17, 15) is 0 Å². The van der Waals surface area contributed by atoms with Gasteiger partial charge in [-0.15, -0.1) is 0 Å². The van der Waals surface area contributed by atoms with Gasteiger partial charge in [-0.3, -0.25) is 0 Å². The lowest BCUT2D eigenvalue weighted by Crippen LogP contribution is -2.07. The van der Waals surface area contributed by atoms with Crippen molar-refractivity contribution in [3.63, 3.8) is 0 Å². The minimum Gasteiger partial charge on any atom is -0.375 e. The number of benzene rings is 1. The summed E-state index contributed by atoms with van der Waals surface area (Å²) in [5.41, 5.74) is 6.46. The Bertz CT molecular complexity index is 222. The number of ether oxygens (including phenoxy) is 1. The van der Waals surface area contributed by atoms with Gasteiger partial charge < -0.3 is 10.5 Å². The number of rotatable bonds is 4. The Kier molecular flexibility index (Phi) is 4.29. The van der Waals surface area contributed by atoms with Crippen LogP contribution in [0.4, 0.5) is 0 Å². The minimum absolute atomic E-state index is 0.580. The second-order valence-electron chi connectivity index (χ2n) is 2.47. The summed E-state index contributed by atoms with van der Waals surface area (Å²) in [7, 11) is 0. The van der Waals surface area contributed by atoms with Crippen molar-refractivity contribution in [2.75, 3.05) is 13.2 Å². The molecule has 1 aromatic carbocycles. The number of halogens is 1. The van der Waals surface area contributed by atoms with E-state index in [4.69, 9.17) is 10.5 Å².